The maximum Gasteiger partial charge on any atom is 0.273 e. The van der Waals surface area contributed by atoms with Crippen molar-refractivity contribution >= 4 is 22.9 Å². The second-order valence-electron chi connectivity index (χ2n) is 3.90. The van der Waals surface area contributed by atoms with Crippen molar-refractivity contribution < 1.29 is 4.79 Å². The van der Waals surface area contributed by atoms with Gasteiger partial charge in [0.2, 0.25) is 0 Å². The third kappa shape index (κ3) is 2.70. The van der Waals surface area contributed by atoms with E-state index in [1.54, 1.807) is 11.3 Å². The number of anilines is 1. The number of H-pyrrole nitrogens is 1. The molecule has 0 bridgehead atoms. The van der Waals surface area contributed by atoms with Crippen LogP contribution >= 0.6 is 11.3 Å². The van der Waals surface area contributed by atoms with Crippen molar-refractivity contribution in [2.45, 2.75) is 19.8 Å². The number of carbonyl (C=O) groups is 1. The van der Waals surface area contributed by atoms with Crippen molar-refractivity contribution in [3.8, 4) is 0 Å². The van der Waals surface area contributed by atoms with Crippen LogP contribution in [0.3, 0.4) is 0 Å². The topological polar surface area (TPSA) is 83.8 Å². The van der Waals surface area contributed by atoms with Gasteiger partial charge in [-0.3, -0.25) is 9.89 Å². The summed E-state index contributed by atoms with van der Waals surface area (Å²) in [5.74, 6) is -0.222. The Hall–Kier alpha value is -1.82. The lowest BCUT2D eigenvalue weighted by molar-refractivity contribution is 0.0950. The molecular formula is C12H16N4OS. The minimum atomic E-state index is -0.222. The number of hydrogen-bond donors (Lipinski definition) is 3. The van der Waals surface area contributed by atoms with Gasteiger partial charge in [0.25, 0.3) is 5.91 Å². The van der Waals surface area contributed by atoms with Gasteiger partial charge in [-0.05, 0) is 24.3 Å². The van der Waals surface area contributed by atoms with Gasteiger partial charge in [-0.2, -0.15) is 5.10 Å². The van der Waals surface area contributed by atoms with Gasteiger partial charge >= 0.3 is 0 Å². The van der Waals surface area contributed by atoms with Crippen LogP contribution in [0.1, 0.15) is 28.0 Å². The molecule has 4 N–H and O–H groups in total. The van der Waals surface area contributed by atoms with Crippen LogP contribution < -0.4 is 11.1 Å². The summed E-state index contributed by atoms with van der Waals surface area (Å²) < 4.78 is 0. The fourth-order valence-corrected chi connectivity index (χ4v) is 2.38. The van der Waals surface area contributed by atoms with Crippen LogP contribution in [0.2, 0.25) is 0 Å². The molecule has 1 amide bonds. The molecule has 2 rings (SSSR count). The summed E-state index contributed by atoms with van der Waals surface area (Å²) in [5.41, 5.74) is 7.37. The highest BCUT2D eigenvalue weighted by atomic mass is 32.1. The Kier molecular flexibility index (Phi) is 3.99. The molecule has 0 aliphatic carbocycles. The van der Waals surface area contributed by atoms with Gasteiger partial charge in [0.1, 0.15) is 0 Å². The maximum absolute atomic E-state index is 11.9. The zero-order valence-electron chi connectivity index (χ0n) is 10.2. The molecule has 0 atom stereocenters. The summed E-state index contributed by atoms with van der Waals surface area (Å²) >= 11 is 1.68. The van der Waals surface area contributed by atoms with E-state index in [2.05, 4.69) is 21.6 Å². The largest absolute Gasteiger partial charge is 0.395 e. The van der Waals surface area contributed by atoms with Crippen LogP contribution in [0.4, 0.5) is 5.69 Å². The number of aryl methyl sites for hydroxylation is 1. The lowest BCUT2D eigenvalue weighted by atomic mass is 10.2. The lowest BCUT2D eigenvalue weighted by Gasteiger charge is -2.02. The van der Waals surface area contributed by atoms with Crippen LogP contribution in [0.5, 0.6) is 0 Å². The standard InChI is InChI=1S/C12H16N4OS/c1-2-9-10(13)11(16-15-9)12(17)14-6-5-8-4-3-7-18-8/h3-4,7H,2,5-6,13H2,1H3,(H,14,17)(H,15,16). The van der Waals surface area contributed by atoms with Gasteiger partial charge < -0.3 is 11.1 Å². The van der Waals surface area contributed by atoms with Crippen LogP contribution in [0.15, 0.2) is 17.5 Å². The number of aromatic nitrogens is 2. The normalized spacial score (nSPS) is 10.5. The van der Waals surface area contributed by atoms with Crippen LogP contribution in [0.25, 0.3) is 0 Å². The molecule has 0 spiro atoms. The highest BCUT2D eigenvalue weighted by Gasteiger charge is 2.15. The van der Waals surface area contributed by atoms with Crippen molar-refractivity contribution in [3.05, 3.63) is 33.8 Å². The first-order chi connectivity index (χ1) is 8.72. The number of nitrogen functional groups attached to an aromatic ring is 1. The smallest absolute Gasteiger partial charge is 0.273 e. The second kappa shape index (κ2) is 5.68. The summed E-state index contributed by atoms with van der Waals surface area (Å²) in [6.07, 6.45) is 1.57. The van der Waals surface area contributed by atoms with E-state index in [-0.39, 0.29) is 11.6 Å². The van der Waals surface area contributed by atoms with Crippen molar-refractivity contribution in [3.63, 3.8) is 0 Å². The number of nitrogens with one attached hydrogen (secondary N) is 2. The van der Waals surface area contributed by atoms with Crippen LogP contribution in [-0.4, -0.2) is 22.6 Å². The van der Waals surface area contributed by atoms with E-state index >= 15 is 0 Å². The summed E-state index contributed by atoms with van der Waals surface area (Å²) in [6.45, 7) is 2.55. The van der Waals surface area contributed by atoms with E-state index in [1.165, 1.54) is 4.88 Å². The van der Waals surface area contributed by atoms with E-state index in [0.717, 1.165) is 18.5 Å². The summed E-state index contributed by atoms with van der Waals surface area (Å²) in [5, 5.41) is 11.6. The van der Waals surface area contributed by atoms with Crippen molar-refractivity contribution in [1.82, 2.24) is 15.5 Å². The fraction of sp³-hybridized carbons (Fsp3) is 0.333. The van der Waals surface area contributed by atoms with E-state index < -0.39 is 0 Å². The predicted molar refractivity (Wildman–Crippen MR) is 72.7 cm³/mol. The average Bonchev–Trinajstić information content (AvgIpc) is 2.98. The van der Waals surface area contributed by atoms with Gasteiger partial charge in [-0.15, -0.1) is 11.3 Å². The molecule has 0 aliphatic heterocycles. The minimum absolute atomic E-state index is 0.222. The van der Waals surface area contributed by atoms with Crippen molar-refractivity contribution in [1.29, 1.82) is 0 Å². The number of rotatable bonds is 5. The first-order valence-electron chi connectivity index (χ1n) is 5.85. The molecule has 0 aliphatic rings. The third-order valence-electron chi connectivity index (χ3n) is 2.69. The molecule has 0 unspecified atom stereocenters. The van der Waals surface area contributed by atoms with Gasteiger partial charge in [0.15, 0.2) is 5.69 Å². The average molecular weight is 264 g/mol. The maximum atomic E-state index is 11.9. The monoisotopic (exact) mass is 264 g/mol. The molecule has 0 fully saturated rings. The molecule has 0 radical (unpaired) electrons. The van der Waals surface area contributed by atoms with Gasteiger partial charge in [0, 0.05) is 11.4 Å². The molecule has 2 aromatic heterocycles. The van der Waals surface area contributed by atoms with Gasteiger partial charge in [-0.25, -0.2) is 0 Å². The Morgan fingerprint density at radius 1 is 1.61 bits per heavy atom. The number of aromatic amines is 1. The summed E-state index contributed by atoms with van der Waals surface area (Å²) in [4.78, 5) is 13.1. The van der Waals surface area contributed by atoms with E-state index in [4.69, 9.17) is 5.73 Å². The molecular weight excluding hydrogens is 248 g/mol. The lowest BCUT2D eigenvalue weighted by Crippen LogP contribution is -2.26. The number of thiophene rings is 1. The quantitative estimate of drug-likeness (QED) is 0.766. The number of amides is 1. The molecule has 0 saturated heterocycles. The number of carbonyl (C=O) groups excluding carboxylic acids is 1. The summed E-state index contributed by atoms with van der Waals surface area (Å²) in [7, 11) is 0. The third-order valence-corrected chi connectivity index (χ3v) is 3.62. The zero-order chi connectivity index (χ0) is 13.0. The molecule has 18 heavy (non-hydrogen) atoms. The Morgan fingerprint density at radius 2 is 2.44 bits per heavy atom. The Balaban J connectivity index is 1.89. The van der Waals surface area contributed by atoms with Gasteiger partial charge in [-0.1, -0.05) is 13.0 Å². The van der Waals surface area contributed by atoms with Gasteiger partial charge in [0.05, 0.1) is 11.4 Å². The molecule has 0 aromatic carbocycles. The van der Waals surface area contributed by atoms with Crippen LogP contribution in [-0.2, 0) is 12.8 Å². The molecule has 2 heterocycles. The van der Waals surface area contributed by atoms with E-state index in [1.807, 2.05) is 18.4 Å². The highest BCUT2D eigenvalue weighted by molar-refractivity contribution is 7.09. The zero-order valence-corrected chi connectivity index (χ0v) is 11.0. The Labute approximate surface area is 109 Å². The minimum Gasteiger partial charge on any atom is -0.395 e. The van der Waals surface area contributed by atoms with Crippen molar-refractivity contribution in [2.75, 3.05) is 12.3 Å². The van der Waals surface area contributed by atoms with E-state index in [0.29, 0.717) is 12.2 Å². The predicted octanol–water partition coefficient (Wildman–Crippen LogP) is 1.59. The first-order valence-corrected chi connectivity index (χ1v) is 6.73. The molecule has 6 heteroatoms. The Morgan fingerprint density at radius 3 is 3.06 bits per heavy atom. The first kappa shape index (κ1) is 12.6. The second-order valence-corrected chi connectivity index (χ2v) is 4.94. The molecule has 0 saturated carbocycles. The number of nitrogens with zero attached hydrogens (tertiary/aromatic N) is 1. The SMILES string of the molecule is CCc1[nH]nc(C(=O)NCCc2cccs2)c1N. The molecule has 96 valence electrons. The summed E-state index contributed by atoms with van der Waals surface area (Å²) in [6, 6.07) is 4.05. The number of nitrogens with two attached hydrogens (primary N) is 1. The Bertz CT molecular complexity index is 518. The van der Waals surface area contributed by atoms with Crippen molar-refractivity contribution in [2.24, 2.45) is 0 Å². The van der Waals surface area contributed by atoms with E-state index in [9.17, 15) is 4.79 Å². The fourth-order valence-electron chi connectivity index (χ4n) is 1.67. The molecule has 2 aromatic rings. The highest BCUT2D eigenvalue weighted by Crippen LogP contribution is 2.14. The van der Waals surface area contributed by atoms with Crippen LogP contribution in [0, 0.1) is 0 Å². The molecule has 5 nitrogen and oxygen atoms in total. The number of hydrogen-bond acceptors (Lipinski definition) is 4.